The van der Waals surface area contributed by atoms with Crippen LogP contribution in [0.25, 0.3) is 22.4 Å². The lowest BCUT2D eigenvalue weighted by molar-refractivity contribution is -0.142. The van der Waals surface area contributed by atoms with Crippen LogP contribution in [0.15, 0.2) is 48.5 Å². The van der Waals surface area contributed by atoms with E-state index in [1.54, 1.807) is 12.1 Å². The number of aliphatic carboxylic acids is 1. The summed E-state index contributed by atoms with van der Waals surface area (Å²) in [5.74, 6) is -1.02. The molecule has 1 aliphatic rings. The van der Waals surface area contributed by atoms with Gasteiger partial charge in [-0.3, -0.25) is 4.68 Å². The minimum absolute atomic E-state index is 0.00763. The SMILES string of the molecule is CS(=O)(=O)CCc1c(-c2cccc(Cl)c2F)c(-c2ccccc2)nn1C[C@H]1CC[C@@H](COCC(=O)O)CC1. The molecule has 0 saturated heterocycles. The summed E-state index contributed by atoms with van der Waals surface area (Å²) in [7, 11) is -3.28. The Morgan fingerprint density at radius 3 is 2.45 bits per heavy atom. The maximum absolute atomic E-state index is 15.4. The molecule has 0 radical (unpaired) electrons. The van der Waals surface area contributed by atoms with E-state index >= 15 is 4.39 Å². The quantitative estimate of drug-likeness (QED) is 0.331. The number of hydrogen-bond donors (Lipinski definition) is 1. The number of carboxylic acids is 1. The van der Waals surface area contributed by atoms with Crippen molar-refractivity contribution in [2.45, 2.75) is 38.6 Å². The van der Waals surface area contributed by atoms with E-state index in [0.29, 0.717) is 47.5 Å². The number of benzene rings is 2. The number of halogens is 2. The Kier molecular flexibility index (Phi) is 9.23. The molecule has 1 aliphatic carbocycles. The molecule has 1 aromatic heterocycles. The Hall–Kier alpha value is -2.75. The molecule has 1 heterocycles. The summed E-state index contributed by atoms with van der Waals surface area (Å²) in [5.41, 5.74) is 2.93. The molecule has 1 saturated carbocycles. The summed E-state index contributed by atoms with van der Waals surface area (Å²) in [6, 6.07) is 14.3. The molecule has 2 aromatic carbocycles. The van der Waals surface area contributed by atoms with Crippen LogP contribution in [0.1, 0.15) is 31.4 Å². The third kappa shape index (κ3) is 7.21. The highest BCUT2D eigenvalue weighted by Crippen LogP contribution is 2.39. The van der Waals surface area contributed by atoms with Crippen molar-refractivity contribution in [1.29, 1.82) is 0 Å². The molecule has 4 rings (SSSR count). The Bertz CT molecular complexity index is 1370. The van der Waals surface area contributed by atoms with Crippen LogP contribution >= 0.6 is 11.6 Å². The summed E-state index contributed by atoms with van der Waals surface area (Å²) in [4.78, 5) is 10.7. The topological polar surface area (TPSA) is 98.5 Å². The van der Waals surface area contributed by atoms with Crippen LogP contribution in [0.4, 0.5) is 4.39 Å². The largest absolute Gasteiger partial charge is 0.480 e. The molecule has 0 atom stereocenters. The predicted octanol–water partition coefficient (Wildman–Crippen LogP) is 5.50. The van der Waals surface area contributed by atoms with Gasteiger partial charge in [0, 0.05) is 41.6 Å². The van der Waals surface area contributed by atoms with E-state index in [1.807, 2.05) is 35.0 Å². The molecule has 0 spiro atoms. The molecule has 7 nitrogen and oxygen atoms in total. The van der Waals surface area contributed by atoms with Crippen molar-refractivity contribution in [2.75, 3.05) is 25.2 Å². The van der Waals surface area contributed by atoms with Gasteiger partial charge in [0.1, 0.15) is 28.0 Å². The third-order valence-electron chi connectivity index (χ3n) is 7.01. The van der Waals surface area contributed by atoms with Crippen LogP contribution in [0.5, 0.6) is 0 Å². The van der Waals surface area contributed by atoms with Gasteiger partial charge in [0.25, 0.3) is 0 Å². The van der Waals surface area contributed by atoms with Crippen LogP contribution in [0, 0.1) is 17.7 Å². The smallest absolute Gasteiger partial charge is 0.329 e. The molecule has 0 aliphatic heterocycles. The lowest BCUT2D eigenvalue weighted by atomic mass is 9.82. The van der Waals surface area contributed by atoms with E-state index in [2.05, 4.69) is 0 Å². The maximum Gasteiger partial charge on any atom is 0.329 e. The highest BCUT2D eigenvalue weighted by Gasteiger charge is 2.28. The molecule has 3 aromatic rings. The minimum Gasteiger partial charge on any atom is -0.480 e. The van der Waals surface area contributed by atoms with Gasteiger partial charge in [0.2, 0.25) is 0 Å². The van der Waals surface area contributed by atoms with E-state index in [9.17, 15) is 13.2 Å². The van der Waals surface area contributed by atoms with Crippen LogP contribution in [0.3, 0.4) is 0 Å². The number of ether oxygens (including phenoxy) is 1. The first-order chi connectivity index (χ1) is 18.1. The third-order valence-corrected chi connectivity index (χ3v) is 8.25. The fourth-order valence-corrected chi connectivity index (χ4v) is 5.84. The van der Waals surface area contributed by atoms with Gasteiger partial charge in [-0.2, -0.15) is 5.10 Å². The number of sulfone groups is 1. The highest BCUT2D eigenvalue weighted by molar-refractivity contribution is 7.90. The van der Waals surface area contributed by atoms with Gasteiger partial charge in [0.15, 0.2) is 0 Å². The molecular weight excluding hydrogens is 531 g/mol. The summed E-state index contributed by atoms with van der Waals surface area (Å²) in [6.07, 6.45) is 5.02. The molecule has 204 valence electrons. The van der Waals surface area contributed by atoms with E-state index in [4.69, 9.17) is 26.5 Å². The number of aromatic nitrogens is 2. The Labute approximate surface area is 227 Å². The van der Waals surface area contributed by atoms with Crippen molar-refractivity contribution in [3.8, 4) is 22.4 Å². The maximum atomic E-state index is 15.4. The predicted molar refractivity (Wildman–Crippen MR) is 145 cm³/mol. The van der Waals surface area contributed by atoms with Gasteiger partial charge in [-0.15, -0.1) is 0 Å². The average Bonchev–Trinajstić information content (AvgIpc) is 3.23. The van der Waals surface area contributed by atoms with E-state index in [-0.39, 0.29) is 23.8 Å². The molecular formula is C28H32ClFN2O5S. The van der Waals surface area contributed by atoms with E-state index in [1.165, 1.54) is 12.3 Å². The Morgan fingerprint density at radius 1 is 1.11 bits per heavy atom. The summed E-state index contributed by atoms with van der Waals surface area (Å²) >= 11 is 6.15. The van der Waals surface area contributed by atoms with Crippen molar-refractivity contribution in [3.63, 3.8) is 0 Å². The molecule has 10 heteroatoms. The fourth-order valence-electron chi connectivity index (χ4n) is 5.10. The summed E-state index contributed by atoms with van der Waals surface area (Å²) in [6.45, 7) is 0.711. The Morgan fingerprint density at radius 2 is 1.79 bits per heavy atom. The number of carbonyl (C=O) groups is 1. The Balaban J connectivity index is 1.69. The number of hydrogen-bond acceptors (Lipinski definition) is 5. The highest BCUT2D eigenvalue weighted by atomic mass is 35.5. The lowest BCUT2D eigenvalue weighted by Gasteiger charge is -2.28. The second-order valence-corrected chi connectivity index (χ2v) is 12.7. The fraction of sp³-hybridized carbons (Fsp3) is 0.429. The van der Waals surface area contributed by atoms with Crippen LogP contribution in [-0.4, -0.2) is 54.5 Å². The van der Waals surface area contributed by atoms with Gasteiger partial charge in [-0.25, -0.2) is 17.6 Å². The zero-order valence-electron chi connectivity index (χ0n) is 21.3. The van der Waals surface area contributed by atoms with Gasteiger partial charge >= 0.3 is 5.97 Å². The first-order valence-corrected chi connectivity index (χ1v) is 15.1. The first-order valence-electron chi connectivity index (χ1n) is 12.7. The van der Waals surface area contributed by atoms with Gasteiger partial charge < -0.3 is 9.84 Å². The number of carboxylic acid groups (broad SMARTS) is 1. The van der Waals surface area contributed by atoms with E-state index < -0.39 is 21.6 Å². The summed E-state index contributed by atoms with van der Waals surface area (Å²) < 4.78 is 46.8. The molecule has 1 N–H and O–H groups in total. The monoisotopic (exact) mass is 562 g/mol. The normalized spacial score (nSPS) is 18.0. The average molecular weight is 563 g/mol. The molecule has 1 fully saturated rings. The second-order valence-electron chi connectivity index (χ2n) is 10.00. The lowest BCUT2D eigenvalue weighted by Crippen LogP contribution is -2.24. The van der Waals surface area contributed by atoms with Crippen LogP contribution in [-0.2, 0) is 32.3 Å². The minimum atomic E-state index is -3.28. The zero-order valence-corrected chi connectivity index (χ0v) is 22.8. The van der Waals surface area contributed by atoms with Crippen molar-refractivity contribution < 1.29 is 27.4 Å². The molecule has 0 amide bonds. The van der Waals surface area contributed by atoms with Gasteiger partial charge in [-0.05, 0) is 43.6 Å². The zero-order chi connectivity index (χ0) is 27.3. The van der Waals surface area contributed by atoms with Crippen molar-refractivity contribution in [2.24, 2.45) is 11.8 Å². The van der Waals surface area contributed by atoms with Crippen LogP contribution in [0.2, 0.25) is 5.02 Å². The molecule has 0 bridgehead atoms. The first kappa shape index (κ1) is 28.3. The number of rotatable bonds is 11. The number of nitrogens with zero attached hydrogens (tertiary/aromatic N) is 2. The van der Waals surface area contributed by atoms with Crippen molar-refractivity contribution >= 4 is 27.4 Å². The van der Waals surface area contributed by atoms with Gasteiger partial charge in [0.05, 0.1) is 17.4 Å². The summed E-state index contributed by atoms with van der Waals surface area (Å²) in [5, 5.41) is 13.7. The van der Waals surface area contributed by atoms with Crippen LogP contribution < -0.4 is 0 Å². The van der Waals surface area contributed by atoms with Gasteiger partial charge in [-0.1, -0.05) is 54.1 Å². The second kappa shape index (κ2) is 12.4. The van der Waals surface area contributed by atoms with Crippen molar-refractivity contribution in [1.82, 2.24) is 9.78 Å². The van der Waals surface area contributed by atoms with Crippen molar-refractivity contribution in [3.05, 3.63) is 65.1 Å². The molecule has 38 heavy (non-hydrogen) atoms. The molecule has 0 unspecified atom stereocenters. The standard InChI is InChI=1S/C28H32ClFN2O5S/c1-38(35,36)15-14-24-26(22-8-5-9-23(29)27(22)30)28(21-6-3-2-4-7-21)31-32(24)16-19-10-12-20(13-11-19)17-37-18-25(33)34/h2-9,19-20H,10-18H2,1H3,(H,33,34)/t19-,20+. The van der Waals surface area contributed by atoms with E-state index in [0.717, 1.165) is 31.2 Å².